The minimum atomic E-state index is -0.766. The maximum Gasteiger partial charge on any atom is 0.303 e. The normalized spacial score (nSPS) is 45.2. The molecular weight excluding hydrogens is 528 g/mol. The predicted molar refractivity (Wildman–Crippen MR) is 166 cm³/mol. The molecule has 8 nitrogen and oxygen atoms in total. The van der Waals surface area contributed by atoms with Crippen molar-refractivity contribution >= 4 is 11.9 Å². The van der Waals surface area contributed by atoms with Gasteiger partial charge in [0.2, 0.25) is 0 Å². The van der Waals surface area contributed by atoms with E-state index in [1.807, 2.05) is 0 Å². The highest BCUT2D eigenvalue weighted by molar-refractivity contribution is 5.67. The highest BCUT2D eigenvalue weighted by Crippen LogP contribution is 2.43. The van der Waals surface area contributed by atoms with Crippen LogP contribution in [0.1, 0.15) is 79.1 Å². The number of hydrogen-bond donors (Lipinski definition) is 6. The molecule has 0 aliphatic carbocycles. The molecule has 14 unspecified atom stereocenters. The lowest BCUT2D eigenvalue weighted by Crippen LogP contribution is -2.45. The molecule has 42 heavy (non-hydrogen) atoms. The molecule has 0 amide bonds. The van der Waals surface area contributed by atoms with E-state index in [0.29, 0.717) is 72.6 Å². The fourth-order valence-electron chi connectivity index (χ4n) is 9.70. The highest BCUT2D eigenvalue weighted by Gasteiger charge is 2.49. The summed E-state index contributed by atoms with van der Waals surface area (Å²) in [6.45, 7) is 17.7. The molecule has 5 rings (SSSR count). The van der Waals surface area contributed by atoms with Gasteiger partial charge in [0.15, 0.2) is 0 Å². The van der Waals surface area contributed by atoms with Crippen LogP contribution in [0.5, 0.6) is 0 Å². The van der Waals surface area contributed by atoms with Crippen molar-refractivity contribution in [2.45, 2.75) is 127 Å². The molecule has 5 aliphatic heterocycles. The largest absolute Gasteiger partial charge is 0.481 e. The maximum atomic E-state index is 11.6. The summed E-state index contributed by atoms with van der Waals surface area (Å²) in [4.78, 5) is 23.2. The van der Waals surface area contributed by atoms with Gasteiger partial charge in [0, 0.05) is 61.2 Å². The van der Waals surface area contributed by atoms with Gasteiger partial charge in [-0.15, -0.1) is 13.2 Å². The van der Waals surface area contributed by atoms with Crippen molar-refractivity contribution in [1.29, 1.82) is 0 Å². The van der Waals surface area contributed by atoms with E-state index in [2.05, 4.69) is 74.3 Å². The highest BCUT2D eigenvalue weighted by atomic mass is 16.4. The smallest absolute Gasteiger partial charge is 0.303 e. The molecule has 0 saturated carbocycles. The van der Waals surface area contributed by atoms with Crippen molar-refractivity contribution in [2.24, 2.45) is 35.5 Å². The molecular formula is C34H54N4O4. The van der Waals surface area contributed by atoms with Gasteiger partial charge in [-0.25, -0.2) is 0 Å². The number of carboxylic acids is 2. The number of fused-ring (bicyclic) bond motifs is 8. The zero-order valence-corrected chi connectivity index (χ0v) is 26.0. The van der Waals surface area contributed by atoms with Crippen molar-refractivity contribution in [2.75, 3.05) is 0 Å². The van der Waals surface area contributed by atoms with E-state index in [-0.39, 0.29) is 36.9 Å². The third-order valence-electron chi connectivity index (χ3n) is 12.2. The van der Waals surface area contributed by atoms with Gasteiger partial charge in [0.05, 0.1) is 0 Å². The lowest BCUT2D eigenvalue weighted by atomic mass is 9.79. The zero-order valence-electron chi connectivity index (χ0n) is 26.0. The van der Waals surface area contributed by atoms with Crippen LogP contribution >= 0.6 is 0 Å². The van der Waals surface area contributed by atoms with Crippen LogP contribution in [0.2, 0.25) is 0 Å². The van der Waals surface area contributed by atoms with Gasteiger partial charge in [-0.3, -0.25) is 9.59 Å². The van der Waals surface area contributed by atoms with Crippen molar-refractivity contribution < 1.29 is 19.8 Å². The van der Waals surface area contributed by atoms with E-state index in [4.69, 9.17) is 0 Å². The van der Waals surface area contributed by atoms with Crippen LogP contribution in [0.4, 0.5) is 0 Å². The van der Waals surface area contributed by atoms with Gasteiger partial charge in [0.25, 0.3) is 0 Å². The molecule has 8 heteroatoms. The molecule has 8 bridgehead atoms. The minimum absolute atomic E-state index is 0.0906. The van der Waals surface area contributed by atoms with E-state index in [1.54, 1.807) is 0 Å². The Kier molecular flexibility index (Phi) is 9.67. The van der Waals surface area contributed by atoms with E-state index in [9.17, 15) is 19.8 Å². The Morgan fingerprint density at radius 3 is 1.79 bits per heavy atom. The topological polar surface area (TPSA) is 123 Å². The van der Waals surface area contributed by atoms with Crippen LogP contribution in [-0.4, -0.2) is 70.5 Å². The summed E-state index contributed by atoms with van der Waals surface area (Å²) in [5, 5.41) is 35.1. The molecule has 5 heterocycles. The van der Waals surface area contributed by atoms with Crippen LogP contribution in [0, 0.1) is 35.5 Å². The average molecular weight is 583 g/mol. The first-order valence-corrected chi connectivity index (χ1v) is 16.4. The SMILES string of the molecule is C=CC1C2CC3NC(CC4NC(CC5NC(CC(N2)C1C)C(C=C)C5C)C(C)C4CCC(=O)O)C(CCC(=O)O)=C3C. The molecule has 4 fully saturated rings. The summed E-state index contributed by atoms with van der Waals surface area (Å²) in [7, 11) is 0. The molecule has 234 valence electrons. The molecule has 6 N–H and O–H groups in total. The van der Waals surface area contributed by atoms with Gasteiger partial charge in [0.1, 0.15) is 0 Å². The number of hydrogen-bond acceptors (Lipinski definition) is 6. The maximum absolute atomic E-state index is 11.6. The second-order valence-corrected chi connectivity index (χ2v) is 14.3. The third-order valence-corrected chi connectivity index (χ3v) is 12.2. The predicted octanol–water partition coefficient (Wildman–Crippen LogP) is 4.10. The van der Waals surface area contributed by atoms with Gasteiger partial charge < -0.3 is 31.5 Å². The molecule has 0 aromatic rings. The first kappa shape index (κ1) is 31.4. The Labute approximate surface area is 252 Å². The molecule has 14 atom stereocenters. The van der Waals surface area contributed by atoms with Crippen LogP contribution in [0.25, 0.3) is 0 Å². The number of aliphatic carboxylic acids is 2. The van der Waals surface area contributed by atoms with Gasteiger partial charge in [-0.05, 0) is 81.0 Å². The monoisotopic (exact) mass is 582 g/mol. The van der Waals surface area contributed by atoms with Gasteiger partial charge >= 0.3 is 11.9 Å². The number of nitrogens with one attached hydrogen (secondary N) is 4. The standard InChI is InChI=1S/C34H54N4O4/c1-7-21-17(3)25-13-26-19(5)23(9-11-33(39)40)31(37-26)16-32-24(10-12-34(41)42)20(6)28(38-32)15-30-22(8-2)18(4)27(36-30)14-29(21)35-25/h7-8,17-19,21-23,25-32,35-38H,1-2,9-16H2,3-6H3,(H,39,40)(H,41,42). The van der Waals surface area contributed by atoms with Crippen molar-refractivity contribution in [3.63, 3.8) is 0 Å². The second-order valence-electron chi connectivity index (χ2n) is 14.3. The zero-order chi connectivity index (χ0) is 30.3. The molecule has 0 spiro atoms. The molecule has 0 aromatic heterocycles. The fraction of sp³-hybridized carbons (Fsp3) is 0.765. The molecule has 0 radical (unpaired) electrons. The Morgan fingerprint density at radius 2 is 1.21 bits per heavy atom. The Morgan fingerprint density at radius 1 is 0.714 bits per heavy atom. The van der Waals surface area contributed by atoms with Crippen molar-refractivity contribution in [1.82, 2.24) is 21.3 Å². The Hall–Kier alpha value is -2.00. The molecule has 0 aromatic carbocycles. The molecule has 5 aliphatic rings. The van der Waals surface area contributed by atoms with E-state index in [0.717, 1.165) is 25.7 Å². The van der Waals surface area contributed by atoms with Crippen LogP contribution in [0.15, 0.2) is 36.5 Å². The second kappa shape index (κ2) is 12.9. The summed E-state index contributed by atoms with van der Waals surface area (Å²) in [6.07, 6.45) is 9.68. The van der Waals surface area contributed by atoms with Gasteiger partial charge in [-0.2, -0.15) is 0 Å². The van der Waals surface area contributed by atoms with Crippen molar-refractivity contribution in [3.05, 3.63) is 36.5 Å². The van der Waals surface area contributed by atoms with E-state index >= 15 is 0 Å². The van der Waals surface area contributed by atoms with Crippen molar-refractivity contribution in [3.8, 4) is 0 Å². The number of rotatable bonds is 8. The number of carboxylic acid groups (broad SMARTS) is 2. The van der Waals surface area contributed by atoms with Crippen LogP contribution in [0.3, 0.4) is 0 Å². The fourth-order valence-corrected chi connectivity index (χ4v) is 9.70. The first-order valence-electron chi connectivity index (χ1n) is 16.4. The summed E-state index contributed by atoms with van der Waals surface area (Å²) >= 11 is 0. The quantitative estimate of drug-likeness (QED) is 0.237. The van der Waals surface area contributed by atoms with E-state index in [1.165, 1.54) is 11.1 Å². The summed E-state index contributed by atoms with van der Waals surface area (Å²) in [5.74, 6) is 0.849. The van der Waals surface area contributed by atoms with Crippen LogP contribution < -0.4 is 21.3 Å². The Bertz CT molecular complexity index is 1080. The summed E-state index contributed by atoms with van der Waals surface area (Å²) in [6, 6.07) is 2.18. The third kappa shape index (κ3) is 6.15. The lowest BCUT2D eigenvalue weighted by molar-refractivity contribution is -0.138. The molecule has 4 saturated heterocycles. The summed E-state index contributed by atoms with van der Waals surface area (Å²) in [5.41, 5.74) is 2.53. The van der Waals surface area contributed by atoms with E-state index < -0.39 is 11.9 Å². The summed E-state index contributed by atoms with van der Waals surface area (Å²) < 4.78 is 0. The lowest BCUT2D eigenvalue weighted by Gasteiger charge is -2.28. The number of carbonyl (C=O) groups is 2. The first-order chi connectivity index (χ1) is 20.0. The van der Waals surface area contributed by atoms with Crippen LogP contribution in [-0.2, 0) is 9.59 Å². The Balaban J connectivity index is 1.49. The van der Waals surface area contributed by atoms with Gasteiger partial charge in [-0.1, -0.05) is 44.1 Å². The minimum Gasteiger partial charge on any atom is -0.481 e. The average Bonchev–Trinajstić information content (AvgIpc) is 3.59.